The van der Waals surface area contributed by atoms with Gasteiger partial charge in [-0.1, -0.05) is 17.3 Å². The number of carbonyl (C=O) groups excluding carboxylic acids is 1. The summed E-state index contributed by atoms with van der Waals surface area (Å²) >= 11 is 3.09. The Morgan fingerprint density at radius 3 is 2.50 bits per heavy atom. The molecule has 0 saturated heterocycles. The van der Waals surface area contributed by atoms with Crippen LogP contribution in [0.1, 0.15) is 28.5 Å². The minimum Gasteiger partial charge on any atom is -0.461 e. The molecule has 0 unspecified atom stereocenters. The minimum absolute atomic E-state index is 0.102. The molecule has 0 aliphatic rings. The summed E-state index contributed by atoms with van der Waals surface area (Å²) in [7, 11) is 0. The molecule has 1 aromatic heterocycles. The third-order valence-electron chi connectivity index (χ3n) is 2.78. The van der Waals surface area contributed by atoms with Gasteiger partial charge in [0, 0.05) is 0 Å². The average Bonchev–Trinajstić information content (AvgIpc) is 2.79. The van der Waals surface area contributed by atoms with Crippen molar-refractivity contribution >= 4 is 21.9 Å². The smallest absolute Gasteiger partial charge is 0.416 e. The van der Waals surface area contributed by atoms with Crippen molar-refractivity contribution in [3.8, 4) is 0 Å². The summed E-state index contributed by atoms with van der Waals surface area (Å²) < 4.78 is 43.9. The Bertz CT molecular complexity index is 668. The van der Waals surface area contributed by atoms with Gasteiger partial charge in [0.2, 0.25) is 0 Å². The Morgan fingerprint density at radius 2 is 1.95 bits per heavy atom. The number of hydrogen-bond acceptors (Lipinski definition) is 4. The average molecular weight is 378 g/mol. The van der Waals surface area contributed by atoms with E-state index in [-0.39, 0.29) is 23.4 Å². The molecule has 0 atom stereocenters. The molecule has 1 aromatic carbocycles. The number of nitrogens with zero attached hydrogens (tertiary/aromatic N) is 3. The van der Waals surface area contributed by atoms with Gasteiger partial charge in [0.05, 0.1) is 18.7 Å². The molecule has 1 heterocycles. The Hall–Kier alpha value is -1.90. The van der Waals surface area contributed by atoms with Crippen LogP contribution < -0.4 is 0 Å². The predicted octanol–water partition coefficient (Wildman–Crippen LogP) is 3.28. The lowest BCUT2D eigenvalue weighted by Gasteiger charge is -2.09. The van der Waals surface area contributed by atoms with Crippen LogP contribution in [0.3, 0.4) is 0 Å². The molecule has 0 saturated carbocycles. The molecular formula is C13H11BrF3N3O2. The highest BCUT2D eigenvalue weighted by atomic mass is 79.9. The van der Waals surface area contributed by atoms with E-state index in [1.165, 1.54) is 16.8 Å². The van der Waals surface area contributed by atoms with Crippen LogP contribution in [-0.4, -0.2) is 27.6 Å². The number of rotatable bonds is 4. The molecule has 5 nitrogen and oxygen atoms in total. The van der Waals surface area contributed by atoms with Gasteiger partial charge in [0.15, 0.2) is 10.3 Å². The van der Waals surface area contributed by atoms with Crippen molar-refractivity contribution in [3.63, 3.8) is 0 Å². The topological polar surface area (TPSA) is 57.0 Å². The molecule has 0 aliphatic heterocycles. The molecule has 22 heavy (non-hydrogen) atoms. The number of alkyl halides is 3. The van der Waals surface area contributed by atoms with Crippen molar-refractivity contribution in [1.29, 1.82) is 0 Å². The quantitative estimate of drug-likeness (QED) is 0.767. The van der Waals surface area contributed by atoms with Gasteiger partial charge < -0.3 is 4.74 Å². The number of aromatic nitrogens is 3. The molecule has 9 heteroatoms. The van der Waals surface area contributed by atoms with Crippen LogP contribution in [0.25, 0.3) is 0 Å². The van der Waals surface area contributed by atoms with Crippen LogP contribution in [0.4, 0.5) is 13.2 Å². The normalized spacial score (nSPS) is 11.5. The third kappa shape index (κ3) is 3.65. The summed E-state index contributed by atoms with van der Waals surface area (Å²) in [5.74, 6) is -0.605. The van der Waals surface area contributed by atoms with Crippen LogP contribution >= 0.6 is 15.9 Å². The second kappa shape index (κ2) is 6.47. The molecule has 118 valence electrons. The lowest BCUT2D eigenvalue weighted by atomic mass is 10.1. The Kier molecular flexibility index (Phi) is 4.84. The van der Waals surface area contributed by atoms with Crippen LogP contribution in [0.15, 0.2) is 28.9 Å². The van der Waals surface area contributed by atoms with Gasteiger partial charge in [-0.15, -0.1) is 5.10 Å². The molecule has 2 aromatic rings. The van der Waals surface area contributed by atoms with E-state index in [1.54, 1.807) is 6.92 Å². The fourth-order valence-corrected chi connectivity index (χ4v) is 2.20. The molecule has 0 fully saturated rings. The first-order valence-corrected chi connectivity index (χ1v) is 7.04. The monoisotopic (exact) mass is 377 g/mol. The highest BCUT2D eigenvalue weighted by molar-refractivity contribution is 9.10. The van der Waals surface area contributed by atoms with Gasteiger partial charge >= 0.3 is 12.1 Å². The highest BCUT2D eigenvalue weighted by Gasteiger charge is 2.30. The first kappa shape index (κ1) is 16.5. The number of benzene rings is 1. The fraction of sp³-hybridized carbons (Fsp3) is 0.308. The zero-order valence-electron chi connectivity index (χ0n) is 11.4. The van der Waals surface area contributed by atoms with E-state index >= 15 is 0 Å². The number of hydrogen-bond donors (Lipinski definition) is 0. The Labute approximate surface area is 132 Å². The molecule has 2 rings (SSSR count). The van der Waals surface area contributed by atoms with Gasteiger partial charge in [-0.2, -0.15) is 13.2 Å². The molecule has 0 aliphatic carbocycles. The van der Waals surface area contributed by atoms with Crippen molar-refractivity contribution in [2.75, 3.05) is 6.61 Å². The van der Waals surface area contributed by atoms with Crippen molar-refractivity contribution in [2.24, 2.45) is 0 Å². The van der Waals surface area contributed by atoms with Crippen molar-refractivity contribution in [2.45, 2.75) is 19.6 Å². The van der Waals surface area contributed by atoms with E-state index in [1.807, 2.05) is 0 Å². The van der Waals surface area contributed by atoms with E-state index in [9.17, 15) is 18.0 Å². The summed E-state index contributed by atoms with van der Waals surface area (Å²) in [6.07, 6.45) is -4.38. The Balaban J connectivity index is 2.23. The largest absolute Gasteiger partial charge is 0.461 e. The van der Waals surface area contributed by atoms with Gasteiger partial charge in [-0.3, -0.25) is 0 Å². The number of esters is 1. The van der Waals surface area contributed by atoms with Crippen molar-refractivity contribution < 1.29 is 22.7 Å². The van der Waals surface area contributed by atoms with Crippen LogP contribution in [-0.2, 0) is 17.5 Å². The first-order chi connectivity index (χ1) is 10.3. The van der Waals surface area contributed by atoms with Crippen LogP contribution in [0.2, 0.25) is 0 Å². The predicted molar refractivity (Wildman–Crippen MR) is 74.2 cm³/mol. The number of ether oxygens (including phenoxy) is 1. The second-order valence-corrected chi connectivity index (χ2v) is 5.05. The highest BCUT2D eigenvalue weighted by Crippen LogP contribution is 2.29. The van der Waals surface area contributed by atoms with Gasteiger partial charge in [0.25, 0.3) is 0 Å². The second-order valence-electron chi connectivity index (χ2n) is 4.30. The van der Waals surface area contributed by atoms with Crippen LogP contribution in [0.5, 0.6) is 0 Å². The maximum Gasteiger partial charge on any atom is 0.416 e. The summed E-state index contributed by atoms with van der Waals surface area (Å²) in [5, 5.41) is 7.50. The molecule has 0 radical (unpaired) electrons. The number of halogens is 4. The molecule has 0 spiro atoms. The molecular weight excluding hydrogens is 367 g/mol. The fourth-order valence-electron chi connectivity index (χ4n) is 1.76. The maximum absolute atomic E-state index is 12.5. The lowest BCUT2D eigenvalue weighted by Crippen LogP contribution is -2.14. The summed E-state index contributed by atoms with van der Waals surface area (Å²) in [4.78, 5) is 11.8. The zero-order chi connectivity index (χ0) is 16.3. The third-order valence-corrected chi connectivity index (χ3v) is 3.31. The zero-order valence-corrected chi connectivity index (χ0v) is 13.0. The molecule has 0 amide bonds. The standard InChI is InChI=1S/C13H11BrF3N3O2/c1-2-22-12(21)10-11(14)18-19-20(10)7-8-3-5-9(6-4-8)13(15,16)17/h3-6H,2,7H2,1H3. The van der Waals surface area contributed by atoms with E-state index < -0.39 is 17.7 Å². The van der Waals surface area contributed by atoms with E-state index in [0.717, 1.165) is 12.1 Å². The summed E-state index contributed by atoms with van der Waals surface area (Å²) in [6, 6.07) is 4.61. The Morgan fingerprint density at radius 1 is 1.32 bits per heavy atom. The molecule has 0 bridgehead atoms. The van der Waals surface area contributed by atoms with Gasteiger partial charge in [-0.25, -0.2) is 9.48 Å². The van der Waals surface area contributed by atoms with Gasteiger partial charge in [0.1, 0.15) is 0 Å². The summed E-state index contributed by atoms with van der Waals surface area (Å²) in [6.45, 7) is 1.96. The lowest BCUT2D eigenvalue weighted by molar-refractivity contribution is -0.137. The minimum atomic E-state index is -4.38. The molecule has 0 N–H and O–H groups in total. The summed E-state index contributed by atoms with van der Waals surface area (Å²) in [5.41, 5.74) is -0.0701. The SMILES string of the molecule is CCOC(=O)c1c(Br)nnn1Cc1ccc(C(F)(F)F)cc1. The number of carbonyl (C=O) groups is 1. The van der Waals surface area contributed by atoms with E-state index in [2.05, 4.69) is 26.2 Å². The van der Waals surface area contributed by atoms with Crippen molar-refractivity contribution in [1.82, 2.24) is 15.0 Å². The van der Waals surface area contributed by atoms with Crippen molar-refractivity contribution in [3.05, 3.63) is 45.7 Å². The van der Waals surface area contributed by atoms with Crippen LogP contribution in [0, 0.1) is 0 Å². The van der Waals surface area contributed by atoms with E-state index in [0.29, 0.717) is 5.56 Å². The maximum atomic E-state index is 12.5. The van der Waals surface area contributed by atoms with Gasteiger partial charge in [-0.05, 0) is 40.5 Å². The van der Waals surface area contributed by atoms with E-state index in [4.69, 9.17) is 4.74 Å². The first-order valence-electron chi connectivity index (χ1n) is 6.25.